The van der Waals surface area contributed by atoms with Gasteiger partial charge in [0.25, 0.3) is 11.8 Å². The van der Waals surface area contributed by atoms with Crippen molar-refractivity contribution < 1.29 is 24.0 Å². The molecule has 1 fully saturated rings. The van der Waals surface area contributed by atoms with Crippen LogP contribution in [0.2, 0.25) is 0 Å². The third kappa shape index (κ3) is 2.98. The molecule has 1 saturated heterocycles. The summed E-state index contributed by atoms with van der Waals surface area (Å²) in [5.74, 6) is -1.30. The van der Waals surface area contributed by atoms with Crippen molar-refractivity contribution in [3.63, 3.8) is 0 Å². The molecule has 0 spiro atoms. The van der Waals surface area contributed by atoms with Crippen molar-refractivity contribution in [1.29, 1.82) is 0 Å². The summed E-state index contributed by atoms with van der Waals surface area (Å²) in [6.45, 7) is 7.67. The Labute approximate surface area is 145 Å². The van der Waals surface area contributed by atoms with Gasteiger partial charge in [0, 0.05) is 18.8 Å². The van der Waals surface area contributed by atoms with Crippen molar-refractivity contribution in [2.75, 3.05) is 6.61 Å². The minimum absolute atomic E-state index is 0.00472. The summed E-state index contributed by atoms with van der Waals surface area (Å²) in [5, 5.41) is 0.463. The molecular formula is C19H17NO5. The van der Waals surface area contributed by atoms with Crippen molar-refractivity contribution >= 4 is 23.5 Å². The van der Waals surface area contributed by atoms with Crippen molar-refractivity contribution in [2.45, 2.75) is 18.8 Å². The molecule has 2 aliphatic rings. The van der Waals surface area contributed by atoms with E-state index >= 15 is 0 Å². The molecule has 6 nitrogen and oxygen atoms in total. The topological polar surface area (TPSA) is 72.9 Å². The van der Waals surface area contributed by atoms with Crippen LogP contribution in [0.1, 0.15) is 29.9 Å². The Kier molecular flexibility index (Phi) is 4.52. The van der Waals surface area contributed by atoms with Gasteiger partial charge in [-0.3, -0.25) is 14.4 Å². The molecule has 128 valence electrons. The molecule has 1 aliphatic heterocycles. The standard InChI is InChI=1S/C19H17NO5/c1-3-12-13(4-2)16(15-8-6-5-7-14(12)15)11-24-19(23)25-20-17(21)9-10-18(20)22/h3-8,16H,1-2,9-11H2. The Bertz CT molecular complexity index is 792. The monoisotopic (exact) mass is 339 g/mol. The van der Waals surface area contributed by atoms with E-state index in [0.717, 1.165) is 22.3 Å². The van der Waals surface area contributed by atoms with Crippen LogP contribution in [0, 0.1) is 0 Å². The smallest absolute Gasteiger partial charge is 0.432 e. The second kappa shape index (κ2) is 6.76. The Balaban J connectivity index is 1.72. The molecule has 6 heteroatoms. The summed E-state index contributed by atoms with van der Waals surface area (Å²) < 4.78 is 5.14. The van der Waals surface area contributed by atoms with E-state index in [1.54, 1.807) is 12.2 Å². The first-order valence-electron chi connectivity index (χ1n) is 7.85. The Hall–Kier alpha value is -3.15. The van der Waals surface area contributed by atoms with Gasteiger partial charge in [0.2, 0.25) is 0 Å². The quantitative estimate of drug-likeness (QED) is 0.609. The maximum Gasteiger partial charge on any atom is 0.533 e. The normalized spacial score (nSPS) is 19.0. The minimum Gasteiger partial charge on any atom is -0.432 e. The second-order valence-corrected chi connectivity index (χ2v) is 5.65. The van der Waals surface area contributed by atoms with E-state index in [9.17, 15) is 14.4 Å². The van der Waals surface area contributed by atoms with E-state index in [2.05, 4.69) is 13.2 Å². The lowest BCUT2D eigenvalue weighted by molar-refractivity contribution is -0.177. The van der Waals surface area contributed by atoms with Crippen LogP contribution >= 0.6 is 0 Å². The largest absolute Gasteiger partial charge is 0.533 e. The van der Waals surface area contributed by atoms with Crippen LogP contribution in [0.4, 0.5) is 4.79 Å². The maximum absolute atomic E-state index is 11.9. The molecule has 0 saturated carbocycles. The number of allylic oxidation sites excluding steroid dienone is 3. The van der Waals surface area contributed by atoms with E-state index in [-0.39, 0.29) is 25.4 Å². The van der Waals surface area contributed by atoms with Crippen molar-refractivity contribution in [3.05, 3.63) is 66.3 Å². The first-order chi connectivity index (χ1) is 12.1. The fraction of sp³-hybridized carbons (Fsp3) is 0.211. The summed E-state index contributed by atoms with van der Waals surface area (Å²) in [5.41, 5.74) is 3.85. The average Bonchev–Trinajstić information content (AvgIpc) is 3.10. The van der Waals surface area contributed by atoms with Gasteiger partial charge in [-0.2, -0.15) is 0 Å². The fourth-order valence-corrected chi connectivity index (χ4v) is 3.13. The molecule has 1 heterocycles. The van der Waals surface area contributed by atoms with E-state index in [4.69, 9.17) is 9.57 Å². The van der Waals surface area contributed by atoms with Crippen LogP contribution in [0.15, 0.2) is 55.1 Å². The Morgan fingerprint density at radius 1 is 1.16 bits per heavy atom. The van der Waals surface area contributed by atoms with Gasteiger partial charge in [-0.05, 0) is 22.3 Å². The van der Waals surface area contributed by atoms with E-state index in [1.165, 1.54) is 0 Å². The predicted molar refractivity (Wildman–Crippen MR) is 90.0 cm³/mol. The number of hydroxylamine groups is 2. The number of ether oxygens (including phenoxy) is 1. The van der Waals surface area contributed by atoms with Crippen LogP contribution in [0.3, 0.4) is 0 Å². The highest BCUT2D eigenvalue weighted by Crippen LogP contribution is 2.42. The number of hydrogen-bond donors (Lipinski definition) is 0. The highest BCUT2D eigenvalue weighted by Gasteiger charge is 2.34. The minimum atomic E-state index is -1.09. The molecule has 0 N–H and O–H groups in total. The number of carbonyl (C=O) groups excluding carboxylic acids is 3. The lowest BCUT2D eigenvalue weighted by atomic mass is 9.97. The molecule has 1 atom stereocenters. The van der Waals surface area contributed by atoms with Gasteiger partial charge in [0.05, 0.1) is 0 Å². The summed E-state index contributed by atoms with van der Waals surface area (Å²) in [7, 11) is 0. The fourth-order valence-electron chi connectivity index (χ4n) is 3.13. The number of rotatable bonds is 5. The SMILES string of the molecule is C=CC1=C(C=C)C(COC(=O)ON2C(=O)CCC2=O)c2ccccc21. The van der Waals surface area contributed by atoms with Crippen molar-refractivity contribution in [3.8, 4) is 0 Å². The molecule has 0 bridgehead atoms. The lowest BCUT2D eigenvalue weighted by Gasteiger charge is -2.16. The molecule has 1 aromatic rings. The van der Waals surface area contributed by atoms with Crippen LogP contribution < -0.4 is 0 Å². The molecule has 0 aromatic heterocycles. The van der Waals surface area contributed by atoms with Crippen LogP contribution in [-0.4, -0.2) is 29.6 Å². The second-order valence-electron chi connectivity index (χ2n) is 5.65. The van der Waals surface area contributed by atoms with Gasteiger partial charge >= 0.3 is 6.16 Å². The zero-order valence-electron chi connectivity index (χ0n) is 13.6. The van der Waals surface area contributed by atoms with Gasteiger partial charge in [0.1, 0.15) is 6.61 Å². The molecule has 0 radical (unpaired) electrons. The molecule has 1 unspecified atom stereocenters. The van der Waals surface area contributed by atoms with Crippen LogP contribution in [0.25, 0.3) is 5.57 Å². The Morgan fingerprint density at radius 3 is 2.48 bits per heavy atom. The maximum atomic E-state index is 11.9. The highest BCUT2D eigenvalue weighted by atomic mass is 16.8. The number of hydrogen-bond acceptors (Lipinski definition) is 5. The molecule has 1 aromatic carbocycles. The predicted octanol–water partition coefficient (Wildman–Crippen LogP) is 3.13. The zero-order chi connectivity index (χ0) is 18.0. The molecule has 3 rings (SSSR count). The summed E-state index contributed by atoms with van der Waals surface area (Å²) in [6.07, 6.45) is 2.44. The van der Waals surface area contributed by atoms with Gasteiger partial charge < -0.3 is 4.74 Å². The first kappa shape index (κ1) is 16.7. The van der Waals surface area contributed by atoms with Crippen LogP contribution in [-0.2, 0) is 19.2 Å². The van der Waals surface area contributed by atoms with Gasteiger partial charge in [-0.1, -0.05) is 54.6 Å². The summed E-state index contributed by atoms with van der Waals surface area (Å²) in [6, 6.07) is 7.74. The highest BCUT2D eigenvalue weighted by molar-refractivity contribution is 6.01. The summed E-state index contributed by atoms with van der Waals surface area (Å²) >= 11 is 0. The number of carbonyl (C=O) groups is 3. The third-order valence-electron chi connectivity index (χ3n) is 4.28. The Morgan fingerprint density at radius 2 is 1.84 bits per heavy atom. The van der Waals surface area contributed by atoms with Gasteiger partial charge in [0.15, 0.2) is 0 Å². The van der Waals surface area contributed by atoms with Crippen molar-refractivity contribution in [2.24, 2.45) is 0 Å². The van der Waals surface area contributed by atoms with E-state index in [0.29, 0.717) is 5.06 Å². The molecular weight excluding hydrogens is 322 g/mol. The summed E-state index contributed by atoms with van der Waals surface area (Å²) in [4.78, 5) is 39.5. The number of nitrogens with zero attached hydrogens (tertiary/aromatic N) is 1. The van der Waals surface area contributed by atoms with Gasteiger partial charge in [-0.25, -0.2) is 4.79 Å². The lowest BCUT2D eigenvalue weighted by Crippen LogP contribution is -2.32. The number of imide groups is 1. The van der Waals surface area contributed by atoms with E-state index < -0.39 is 18.0 Å². The average molecular weight is 339 g/mol. The first-order valence-corrected chi connectivity index (χ1v) is 7.85. The third-order valence-corrected chi connectivity index (χ3v) is 4.28. The number of amides is 2. The number of benzene rings is 1. The zero-order valence-corrected chi connectivity index (χ0v) is 13.6. The molecule has 2 amide bonds. The number of fused-ring (bicyclic) bond motifs is 1. The molecule has 1 aliphatic carbocycles. The molecule has 25 heavy (non-hydrogen) atoms. The van der Waals surface area contributed by atoms with Crippen LogP contribution in [0.5, 0.6) is 0 Å². The van der Waals surface area contributed by atoms with E-state index in [1.807, 2.05) is 24.3 Å². The van der Waals surface area contributed by atoms with Gasteiger partial charge in [-0.15, -0.1) is 0 Å². The van der Waals surface area contributed by atoms with Crippen molar-refractivity contribution in [1.82, 2.24) is 5.06 Å².